The van der Waals surface area contributed by atoms with Crippen LogP contribution in [0.5, 0.6) is 0 Å². The number of hydrogen-bond acceptors (Lipinski definition) is 2. The van der Waals surface area contributed by atoms with Crippen molar-refractivity contribution in [3.05, 3.63) is 47.5 Å². The number of rotatable bonds is 5. The van der Waals surface area contributed by atoms with Gasteiger partial charge in [0.05, 0.1) is 0 Å². The Balaban J connectivity index is 2.54. The number of nitrogen functional groups attached to an aromatic ring is 2. The van der Waals surface area contributed by atoms with Crippen molar-refractivity contribution in [2.45, 2.75) is 37.0 Å². The van der Waals surface area contributed by atoms with E-state index >= 15 is 0 Å². The van der Waals surface area contributed by atoms with E-state index in [1.165, 1.54) is 0 Å². The fourth-order valence-electron chi connectivity index (χ4n) is 2.80. The van der Waals surface area contributed by atoms with Gasteiger partial charge in [-0.2, -0.15) is 26.3 Å². The maximum absolute atomic E-state index is 14.1. The summed E-state index contributed by atoms with van der Waals surface area (Å²) in [5.41, 5.74) is 6.44. The Morgan fingerprint density at radius 1 is 0.533 bits per heavy atom. The fraction of sp³-hybridized carbons (Fsp3) is 0.333. The molecule has 0 heterocycles. The minimum atomic E-state index is -5.22. The van der Waals surface area contributed by atoms with Crippen LogP contribution in [0.1, 0.15) is 24.0 Å². The number of halogens is 10. The van der Waals surface area contributed by atoms with Crippen LogP contribution in [0.15, 0.2) is 36.4 Å². The molecule has 0 radical (unpaired) electrons. The number of hydrogen-bond donors (Lipinski definition) is 2. The van der Waals surface area contributed by atoms with Crippen molar-refractivity contribution < 1.29 is 43.9 Å². The second-order valence-corrected chi connectivity index (χ2v) is 6.60. The second kappa shape index (κ2) is 7.55. The Morgan fingerprint density at radius 3 is 1.10 bits per heavy atom. The summed E-state index contributed by atoms with van der Waals surface area (Å²) < 4.78 is 131. The highest BCUT2D eigenvalue weighted by Gasteiger charge is 2.47. The van der Waals surface area contributed by atoms with E-state index in [2.05, 4.69) is 0 Å². The van der Waals surface area contributed by atoms with Gasteiger partial charge in [0.1, 0.15) is 12.8 Å². The van der Waals surface area contributed by atoms with Gasteiger partial charge in [0.15, 0.2) is 0 Å². The molecule has 0 atom stereocenters. The topological polar surface area (TPSA) is 52.0 Å². The number of benzene rings is 2. The number of anilines is 2. The van der Waals surface area contributed by atoms with E-state index in [9.17, 15) is 43.9 Å². The molecule has 0 aliphatic heterocycles. The Kier molecular flexibility index (Phi) is 5.94. The van der Waals surface area contributed by atoms with E-state index in [4.69, 9.17) is 11.5 Å². The monoisotopic (exact) mass is 448 g/mol. The molecular formula is C18H14F10N2. The minimum Gasteiger partial charge on any atom is -0.398 e. The van der Waals surface area contributed by atoms with Crippen LogP contribution in [0, 0.1) is 0 Å². The van der Waals surface area contributed by atoms with Gasteiger partial charge in [0, 0.05) is 22.5 Å². The molecule has 30 heavy (non-hydrogen) atoms. The van der Waals surface area contributed by atoms with Crippen molar-refractivity contribution in [2.24, 2.45) is 0 Å². The standard InChI is InChI=1S/C18H14F10N2/c19-15(20,7-17(23,24)25)11-5-9(1-3-13(11)29)10-2-4-14(30)12(6-10)16(21,22)8-18(26,27)28/h1-6H,7-8,29-30H2. The molecule has 0 saturated carbocycles. The van der Waals surface area contributed by atoms with Crippen LogP contribution in [0.25, 0.3) is 11.1 Å². The first-order valence-corrected chi connectivity index (χ1v) is 8.11. The van der Waals surface area contributed by atoms with Crippen LogP contribution in [-0.2, 0) is 11.8 Å². The normalized spacial score (nSPS) is 13.5. The predicted molar refractivity (Wildman–Crippen MR) is 89.8 cm³/mol. The molecule has 4 N–H and O–H groups in total. The first kappa shape index (κ1) is 23.6. The van der Waals surface area contributed by atoms with Gasteiger partial charge < -0.3 is 11.5 Å². The molecule has 2 aromatic rings. The third-order valence-corrected chi connectivity index (χ3v) is 4.07. The molecule has 0 bridgehead atoms. The van der Waals surface area contributed by atoms with Crippen molar-refractivity contribution in [3.8, 4) is 11.1 Å². The van der Waals surface area contributed by atoms with Gasteiger partial charge in [-0.3, -0.25) is 0 Å². The third-order valence-electron chi connectivity index (χ3n) is 4.07. The lowest BCUT2D eigenvalue weighted by Crippen LogP contribution is -2.25. The maximum Gasteiger partial charge on any atom is 0.395 e. The summed E-state index contributed by atoms with van der Waals surface area (Å²) in [7, 11) is 0. The summed E-state index contributed by atoms with van der Waals surface area (Å²) in [6, 6.07) is 4.94. The lowest BCUT2D eigenvalue weighted by Gasteiger charge is -2.22. The molecule has 0 saturated heterocycles. The van der Waals surface area contributed by atoms with E-state index in [0.29, 0.717) is 12.1 Å². The molecule has 0 unspecified atom stereocenters. The maximum atomic E-state index is 14.1. The highest BCUT2D eigenvalue weighted by Crippen LogP contribution is 2.45. The lowest BCUT2D eigenvalue weighted by molar-refractivity contribution is -0.192. The molecule has 2 rings (SSSR count). The van der Waals surface area contributed by atoms with Crippen LogP contribution < -0.4 is 11.5 Å². The fourth-order valence-corrected chi connectivity index (χ4v) is 2.80. The van der Waals surface area contributed by atoms with E-state index < -0.39 is 59.5 Å². The highest BCUT2D eigenvalue weighted by atomic mass is 19.4. The zero-order chi connectivity index (χ0) is 23.1. The van der Waals surface area contributed by atoms with E-state index in [1.54, 1.807) is 0 Å². The van der Waals surface area contributed by atoms with Crippen LogP contribution >= 0.6 is 0 Å². The van der Waals surface area contributed by atoms with Gasteiger partial charge in [-0.15, -0.1) is 0 Å². The van der Waals surface area contributed by atoms with Crippen molar-refractivity contribution >= 4 is 11.4 Å². The van der Waals surface area contributed by atoms with Crippen molar-refractivity contribution in [3.63, 3.8) is 0 Å². The third kappa shape index (κ3) is 5.70. The van der Waals surface area contributed by atoms with Gasteiger partial charge in [-0.25, -0.2) is 17.6 Å². The number of alkyl halides is 10. The summed E-state index contributed by atoms with van der Waals surface area (Å²) in [5.74, 6) is -8.84. The van der Waals surface area contributed by atoms with Crippen LogP contribution in [-0.4, -0.2) is 12.4 Å². The largest absolute Gasteiger partial charge is 0.398 e. The summed E-state index contributed by atoms with van der Waals surface area (Å²) in [6.07, 6.45) is -15.5. The Morgan fingerprint density at radius 2 is 0.833 bits per heavy atom. The average Bonchev–Trinajstić information content (AvgIpc) is 2.51. The molecule has 2 aromatic carbocycles. The summed E-state index contributed by atoms with van der Waals surface area (Å²) in [6.45, 7) is 0. The molecule has 0 aromatic heterocycles. The molecule has 0 fully saturated rings. The highest BCUT2D eigenvalue weighted by molar-refractivity contribution is 5.71. The van der Waals surface area contributed by atoms with E-state index in [0.717, 1.165) is 24.3 Å². The van der Waals surface area contributed by atoms with Crippen molar-refractivity contribution in [1.29, 1.82) is 0 Å². The molecule has 0 aliphatic rings. The molecule has 0 spiro atoms. The van der Waals surface area contributed by atoms with E-state index in [-0.39, 0.29) is 11.1 Å². The minimum absolute atomic E-state index is 0.259. The molecule has 0 aliphatic carbocycles. The zero-order valence-electron chi connectivity index (χ0n) is 14.8. The Labute approximate surface area is 163 Å². The molecule has 0 amide bonds. The van der Waals surface area contributed by atoms with Crippen LogP contribution in [0.2, 0.25) is 0 Å². The summed E-state index contributed by atoms with van der Waals surface area (Å²) in [5, 5.41) is 0. The quantitative estimate of drug-likeness (QED) is 0.400. The smallest absolute Gasteiger partial charge is 0.395 e. The SMILES string of the molecule is Nc1ccc(-c2ccc(N)c(C(F)(F)CC(F)(F)F)c2)cc1C(F)(F)CC(F)(F)F. The van der Waals surface area contributed by atoms with Gasteiger partial charge >= 0.3 is 12.4 Å². The molecular weight excluding hydrogens is 434 g/mol. The van der Waals surface area contributed by atoms with Crippen molar-refractivity contribution in [1.82, 2.24) is 0 Å². The Hall–Kier alpha value is -2.66. The summed E-state index contributed by atoms with van der Waals surface area (Å²) >= 11 is 0. The second-order valence-electron chi connectivity index (χ2n) is 6.60. The molecule has 166 valence electrons. The lowest BCUT2D eigenvalue weighted by atomic mass is 9.94. The van der Waals surface area contributed by atoms with E-state index in [1.807, 2.05) is 0 Å². The zero-order valence-corrected chi connectivity index (χ0v) is 14.8. The van der Waals surface area contributed by atoms with Gasteiger partial charge in [-0.1, -0.05) is 12.1 Å². The predicted octanol–water partition coefficient (Wildman–Crippen LogP) is 6.61. The molecule has 2 nitrogen and oxygen atoms in total. The van der Waals surface area contributed by atoms with Crippen molar-refractivity contribution in [2.75, 3.05) is 11.5 Å². The summed E-state index contributed by atoms with van der Waals surface area (Å²) in [4.78, 5) is 0. The first-order chi connectivity index (χ1) is 13.4. The average molecular weight is 448 g/mol. The van der Waals surface area contributed by atoms with Gasteiger partial charge in [0.25, 0.3) is 11.8 Å². The Bertz CT molecular complexity index is 841. The molecule has 12 heteroatoms. The van der Waals surface area contributed by atoms with Crippen LogP contribution in [0.3, 0.4) is 0 Å². The van der Waals surface area contributed by atoms with Crippen LogP contribution in [0.4, 0.5) is 55.3 Å². The van der Waals surface area contributed by atoms with Gasteiger partial charge in [0.2, 0.25) is 0 Å². The first-order valence-electron chi connectivity index (χ1n) is 8.11. The van der Waals surface area contributed by atoms with Gasteiger partial charge in [-0.05, 0) is 35.4 Å². The number of nitrogens with two attached hydrogens (primary N) is 2.